The Morgan fingerprint density at radius 3 is 2.36 bits per heavy atom. The molecule has 0 radical (unpaired) electrons. The van der Waals surface area contributed by atoms with E-state index in [4.69, 9.17) is 0 Å². The number of nitrogens with zero attached hydrogens (tertiary/aromatic N) is 2. The number of hydrogen-bond donors (Lipinski definition) is 0. The minimum atomic E-state index is 1.02. The number of anilines is 2. The maximum atomic E-state index is 4.38. The van der Waals surface area contributed by atoms with Gasteiger partial charge in [-0.05, 0) is 52.8 Å². The monoisotopic (exact) mass is 408 g/mol. The van der Waals surface area contributed by atoms with Gasteiger partial charge in [-0.3, -0.25) is 0 Å². The number of benzene rings is 1. The van der Waals surface area contributed by atoms with Crippen molar-refractivity contribution < 1.29 is 0 Å². The molecule has 28 heavy (non-hydrogen) atoms. The Hall–Kier alpha value is -2.30. The van der Waals surface area contributed by atoms with E-state index in [0.717, 1.165) is 22.4 Å². The van der Waals surface area contributed by atoms with E-state index in [-0.39, 0.29) is 0 Å². The lowest BCUT2D eigenvalue weighted by atomic mass is 10.0. The standard InChI is InChI=1S/C24H28N2S2/c1-8-9-10-21-19(14-23(27-21)25(4)5)16(2)13-18-11-12-22-20(17(18)3)15-24(28-22)26(6)7/h9-15H,2-3,8H2,1,4-7H3/b10-9-,18-13-. The van der Waals surface area contributed by atoms with E-state index in [9.17, 15) is 0 Å². The first-order chi connectivity index (χ1) is 13.3. The molecule has 2 nitrogen and oxygen atoms in total. The fourth-order valence-corrected chi connectivity index (χ4v) is 5.07. The van der Waals surface area contributed by atoms with Gasteiger partial charge < -0.3 is 9.80 Å². The summed E-state index contributed by atoms with van der Waals surface area (Å²) in [6.45, 7) is 10.9. The smallest absolute Gasteiger partial charge is 0.0916 e. The molecule has 0 N–H and O–H groups in total. The first-order valence-electron chi connectivity index (χ1n) is 9.39. The van der Waals surface area contributed by atoms with Gasteiger partial charge in [0.25, 0.3) is 0 Å². The first-order valence-corrected chi connectivity index (χ1v) is 11.0. The Morgan fingerprint density at radius 2 is 1.71 bits per heavy atom. The summed E-state index contributed by atoms with van der Waals surface area (Å²) in [6, 6.07) is 8.81. The molecule has 0 spiro atoms. The SMILES string of the molecule is C=C(/C=c1/ccc2sc(N(C)C)cc2c1=C)c1cc(N(C)C)sc1/C=C\CC. The van der Waals surface area contributed by atoms with Gasteiger partial charge >= 0.3 is 0 Å². The second kappa shape index (κ2) is 8.38. The highest BCUT2D eigenvalue weighted by Crippen LogP contribution is 2.34. The van der Waals surface area contributed by atoms with Crippen molar-refractivity contribution in [2.75, 3.05) is 38.0 Å². The quantitative estimate of drug-likeness (QED) is 0.537. The van der Waals surface area contributed by atoms with E-state index < -0.39 is 0 Å². The average Bonchev–Trinajstić information content (AvgIpc) is 3.27. The molecule has 0 aliphatic carbocycles. The van der Waals surface area contributed by atoms with Crippen LogP contribution < -0.4 is 20.2 Å². The fraction of sp³-hybridized carbons (Fsp3) is 0.250. The van der Waals surface area contributed by atoms with Crippen LogP contribution in [0.15, 0.2) is 36.9 Å². The molecule has 0 bridgehead atoms. The summed E-state index contributed by atoms with van der Waals surface area (Å²) >= 11 is 3.60. The lowest BCUT2D eigenvalue weighted by Gasteiger charge is -2.07. The predicted octanol–water partition coefficient (Wildman–Crippen LogP) is 5.42. The highest BCUT2D eigenvalue weighted by Gasteiger charge is 2.10. The van der Waals surface area contributed by atoms with Crippen LogP contribution in [-0.4, -0.2) is 28.2 Å². The molecule has 0 amide bonds. The zero-order valence-electron chi connectivity index (χ0n) is 17.4. The fourth-order valence-electron chi connectivity index (χ4n) is 3.01. The summed E-state index contributed by atoms with van der Waals surface area (Å²) in [5.41, 5.74) is 2.21. The molecule has 0 saturated carbocycles. The number of thiophene rings is 2. The van der Waals surface area contributed by atoms with E-state index >= 15 is 0 Å². The van der Waals surface area contributed by atoms with Crippen LogP contribution in [-0.2, 0) is 0 Å². The molecular formula is C24H28N2S2. The second-order valence-corrected chi connectivity index (χ2v) is 9.39. The van der Waals surface area contributed by atoms with Crippen molar-refractivity contribution in [1.29, 1.82) is 0 Å². The Morgan fingerprint density at radius 1 is 1.04 bits per heavy atom. The molecule has 2 heterocycles. The zero-order valence-corrected chi connectivity index (χ0v) is 19.0. The van der Waals surface area contributed by atoms with Gasteiger partial charge in [-0.15, -0.1) is 22.7 Å². The Balaban J connectivity index is 2.09. The lowest BCUT2D eigenvalue weighted by Crippen LogP contribution is -2.23. The average molecular weight is 409 g/mol. The van der Waals surface area contributed by atoms with Crippen LogP contribution in [0.1, 0.15) is 23.8 Å². The third kappa shape index (κ3) is 4.08. The number of allylic oxidation sites excluding steroid dienone is 2. The van der Waals surface area contributed by atoms with Crippen LogP contribution in [0, 0.1) is 0 Å². The summed E-state index contributed by atoms with van der Waals surface area (Å²) in [6.07, 6.45) is 7.61. The van der Waals surface area contributed by atoms with Crippen molar-refractivity contribution in [3.8, 4) is 0 Å². The number of rotatable bonds is 6. The van der Waals surface area contributed by atoms with Crippen molar-refractivity contribution >= 4 is 67.1 Å². The molecule has 0 atom stereocenters. The van der Waals surface area contributed by atoms with Crippen molar-refractivity contribution in [1.82, 2.24) is 0 Å². The third-order valence-electron chi connectivity index (χ3n) is 4.65. The molecule has 0 fully saturated rings. The van der Waals surface area contributed by atoms with Gasteiger partial charge in [-0.2, -0.15) is 0 Å². The van der Waals surface area contributed by atoms with Crippen molar-refractivity contribution in [2.45, 2.75) is 13.3 Å². The van der Waals surface area contributed by atoms with Crippen LogP contribution in [0.4, 0.5) is 10.0 Å². The van der Waals surface area contributed by atoms with E-state index in [1.54, 1.807) is 22.7 Å². The minimum absolute atomic E-state index is 1.02. The van der Waals surface area contributed by atoms with Gasteiger partial charge in [0.05, 0.1) is 10.0 Å². The minimum Gasteiger partial charge on any atom is -0.370 e. The van der Waals surface area contributed by atoms with Crippen LogP contribution >= 0.6 is 22.7 Å². The zero-order chi connectivity index (χ0) is 20.4. The normalized spacial score (nSPS) is 12.2. The molecule has 0 unspecified atom stereocenters. The van der Waals surface area contributed by atoms with Gasteiger partial charge in [-0.25, -0.2) is 0 Å². The van der Waals surface area contributed by atoms with E-state index in [1.807, 2.05) is 0 Å². The van der Waals surface area contributed by atoms with E-state index in [0.29, 0.717) is 0 Å². The highest BCUT2D eigenvalue weighted by atomic mass is 32.1. The third-order valence-corrected chi connectivity index (χ3v) is 7.18. The van der Waals surface area contributed by atoms with Crippen LogP contribution in [0.2, 0.25) is 0 Å². The maximum Gasteiger partial charge on any atom is 0.0916 e. The van der Waals surface area contributed by atoms with Crippen molar-refractivity contribution in [3.05, 3.63) is 57.8 Å². The van der Waals surface area contributed by atoms with Crippen molar-refractivity contribution in [2.24, 2.45) is 0 Å². The molecule has 146 valence electrons. The maximum absolute atomic E-state index is 4.38. The summed E-state index contributed by atoms with van der Waals surface area (Å²) in [7, 11) is 8.31. The predicted molar refractivity (Wildman–Crippen MR) is 132 cm³/mol. The Kier molecular flexibility index (Phi) is 6.11. The molecule has 0 aliphatic heterocycles. The lowest BCUT2D eigenvalue weighted by molar-refractivity contribution is 1.16. The molecule has 3 rings (SSSR count). The summed E-state index contributed by atoms with van der Waals surface area (Å²) in [5.74, 6) is 0. The molecule has 1 aromatic carbocycles. The summed E-state index contributed by atoms with van der Waals surface area (Å²) in [4.78, 5) is 5.55. The number of fused-ring (bicyclic) bond motifs is 1. The van der Waals surface area contributed by atoms with Gasteiger partial charge in [0.15, 0.2) is 0 Å². The van der Waals surface area contributed by atoms with Crippen molar-refractivity contribution in [3.63, 3.8) is 0 Å². The van der Waals surface area contributed by atoms with Gasteiger partial charge in [0.2, 0.25) is 0 Å². The highest BCUT2D eigenvalue weighted by molar-refractivity contribution is 7.22. The number of hydrogen-bond acceptors (Lipinski definition) is 4. The topological polar surface area (TPSA) is 6.48 Å². The molecule has 3 aromatic rings. The van der Waals surface area contributed by atoms with Gasteiger partial charge in [0, 0.05) is 48.7 Å². The first kappa shape index (κ1) is 20.4. The largest absolute Gasteiger partial charge is 0.370 e. The van der Waals surface area contributed by atoms with E-state index in [2.05, 4.69) is 101 Å². The molecular weight excluding hydrogens is 380 g/mol. The van der Waals surface area contributed by atoms with E-state index in [1.165, 1.54) is 30.5 Å². The second-order valence-electron chi connectivity index (χ2n) is 7.26. The summed E-state index contributed by atoms with van der Waals surface area (Å²) in [5, 5.41) is 5.90. The van der Waals surface area contributed by atoms with Gasteiger partial charge in [0.1, 0.15) is 0 Å². The van der Waals surface area contributed by atoms with Crippen LogP contribution in [0.25, 0.3) is 34.4 Å². The molecule has 0 saturated heterocycles. The Labute approximate surface area is 176 Å². The molecule has 0 aliphatic rings. The molecule has 2 aromatic heterocycles. The van der Waals surface area contributed by atoms with Crippen LogP contribution in [0.3, 0.4) is 0 Å². The summed E-state index contributed by atoms with van der Waals surface area (Å²) < 4.78 is 1.27. The molecule has 4 heteroatoms. The Bertz CT molecular complexity index is 1140. The van der Waals surface area contributed by atoms with Crippen LogP contribution in [0.5, 0.6) is 0 Å². The van der Waals surface area contributed by atoms with Gasteiger partial charge in [-0.1, -0.05) is 32.2 Å².